The van der Waals surface area contributed by atoms with Crippen molar-refractivity contribution in [1.82, 2.24) is 4.98 Å². The zero-order valence-corrected chi connectivity index (χ0v) is 11.6. The van der Waals surface area contributed by atoms with Gasteiger partial charge in [-0.25, -0.2) is 4.98 Å². The Balaban J connectivity index is 2.80. The summed E-state index contributed by atoms with van der Waals surface area (Å²) in [5, 5.41) is 3.40. The number of nitrogens with zero attached hydrogens (tertiary/aromatic N) is 1. The van der Waals surface area contributed by atoms with E-state index in [4.69, 9.17) is 11.6 Å². The van der Waals surface area contributed by atoms with Gasteiger partial charge in [-0.15, -0.1) is 11.6 Å². The number of alkyl halides is 1. The topological polar surface area (TPSA) is 24.9 Å². The fourth-order valence-corrected chi connectivity index (χ4v) is 2.21. The van der Waals surface area contributed by atoms with Gasteiger partial charge in [0.2, 0.25) is 0 Å². The van der Waals surface area contributed by atoms with Crippen LogP contribution >= 0.6 is 27.5 Å². The van der Waals surface area contributed by atoms with Crippen LogP contribution in [0.4, 0.5) is 5.82 Å². The van der Waals surface area contributed by atoms with Crippen LogP contribution in [0.3, 0.4) is 0 Å². The molecule has 0 saturated carbocycles. The van der Waals surface area contributed by atoms with Gasteiger partial charge in [-0.1, -0.05) is 0 Å². The summed E-state index contributed by atoms with van der Waals surface area (Å²) in [6.07, 6.45) is 2.71. The van der Waals surface area contributed by atoms with E-state index in [1.807, 2.05) is 13.0 Å². The quantitative estimate of drug-likeness (QED) is 0.849. The molecule has 0 fully saturated rings. The minimum Gasteiger partial charge on any atom is -0.365 e. The Morgan fingerprint density at radius 1 is 1.53 bits per heavy atom. The van der Waals surface area contributed by atoms with Crippen molar-refractivity contribution in [3.8, 4) is 0 Å². The predicted octanol–water partition coefficient (Wildman–Crippen LogP) is 3.97. The Labute approximate surface area is 105 Å². The van der Waals surface area contributed by atoms with Gasteiger partial charge in [0.15, 0.2) is 0 Å². The second kappa shape index (κ2) is 5.17. The highest BCUT2D eigenvalue weighted by Crippen LogP contribution is 2.22. The van der Waals surface area contributed by atoms with Crippen molar-refractivity contribution >= 4 is 33.3 Å². The number of halogens is 2. The molecule has 0 saturated heterocycles. The second-order valence-corrected chi connectivity index (χ2v) is 5.56. The number of hydrogen-bond donors (Lipinski definition) is 1. The van der Waals surface area contributed by atoms with Crippen LogP contribution in [0.25, 0.3) is 0 Å². The zero-order valence-electron chi connectivity index (χ0n) is 9.27. The summed E-state index contributed by atoms with van der Waals surface area (Å²) in [5.41, 5.74) is 1.11. The minimum atomic E-state index is -0.0205. The first-order chi connectivity index (χ1) is 6.94. The number of pyridine rings is 1. The van der Waals surface area contributed by atoms with Gasteiger partial charge in [0.05, 0.1) is 0 Å². The average Bonchev–Trinajstić information content (AvgIpc) is 2.09. The first-order valence-electron chi connectivity index (χ1n) is 4.91. The van der Waals surface area contributed by atoms with Gasteiger partial charge in [-0.2, -0.15) is 0 Å². The molecule has 1 aromatic rings. The maximum absolute atomic E-state index is 5.75. The van der Waals surface area contributed by atoms with Crippen LogP contribution in [0.5, 0.6) is 0 Å². The molecule has 15 heavy (non-hydrogen) atoms. The summed E-state index contributed by atoms with van der Waals surface area (Å²) in [6, 6.07) is 2.05. The molecule has 0 aliphatic carbocycles. The molecule has 0 amide bonds. The molecule has 1 heterocycles. The number of nitrogens with one attached hydrogen (secondary N) is 1. The Bertz CT molecular complexity index is 339. The van der Waals surface area contributed by atoms with Gasteiger partial charge in [-0.05, 0) is 54.8 Å². The molecule has 84 valence electrons. The number of aryl methyl sites for hydroxylation is 1. The minimum absolute atomic E-state index is 0.0205. The molecule has 0 aliphatic heterocycles. The van der Waals surface area contributed by atoms with Gasteiger partial charge >= 0.3 is 0 Å². The Morgan fingerprint density at radius 3 is 2.73 bits per heavy atom. The van der Waals surface area contributed by atoms with Crippen LogP contribution in [0.2, 0.25) is 0 Å². The van der Waals surface area contributed by atoms with Crippen molar-refractivity contribution in [2.24, 2.45) is 0 Å². The fourth-order valence-electron chi connectivity index (χ4n) is 1.29. The summed E-state index contributed by atoms with van der Waals surface area (Å²) in [6.45, 7) is 6.29. The Morgan fingerprint density at radius 2 is 2.20 bits per heavy atom. The van der Waals surface area contributed by atoms with E-state index in [1.165, 1.54) is 0 Å². The van der Waals surface area contributed by atoms with E-state index in [2.05, 4.69) is 40.1 Å². The van der Waals surface area contributed by atoms with Gasteiger partial charge in [0.25, 0.3) is 0 Å². The Hall–Kier alpha value is -0.280. The van der Waals surface area contributed by atoms with E-state index >= 15 is 0 Å². The smallest absolute Gasteiger partial charge is 0.129 e. The van der Waals surface area contributed by atoms with Crippen molar-refractivity contribution in [2.45, 2.75) is 32.7 Å². The number of rotatable bonds is 4. The maximum Gasteiger partial charge on any atom is 0.129 e. The van der Waals surface area contributed by atoms with E-state index < -0.39 is 0 Å². The molecule has 2 nitrogen and oxygen atoms in total. The number of aromatic nitrogens is 1. The molecule has 0 atom stereocenters. The molecule has 1 rings (SSSR count). The largest absolute Gasteiger partial charge is 0.365 e. The van der Waals surface area contributed by atoms with Crippen molar-refractivity contribution in [3.05, 3.63) is 22.3 Å². The standard InChI is InChI=1S/C11H16BrClN2/c1-8-6-9(12)7-14-10(8)15-11(2,3)4-5-13/h6-7H,4-5H2,1-3H3,(H,14,15). The van der Waals surface area contributed by atoms with Crippen LogP contribution < -0.4 is 5.32 Å². The SMILES string of the molecule is Cc1cc(Br)cnc1NC(C)(C)CCCl. The normalized spacial score (nSPS) is 11.5. The molecule has 0 radical (unpaired) electrons. The summed E-state index contributed by atoms with van der Waals surface area (Å²) in [4.78, 5) is 4.34. The van der Waals surface area contributed by atoms with Crippen molar-refractivity contribution < 1.29 is 0 Å². The predicted molar refractivity (Wildman–Crippen MR) is 69.7 cm³/mol. The molecule has 0 unspecified atom stereocenters. The third kappa shape index (κ3) is 3.99. The summed E-state index contributed by atoms with van der Waals surface area (Å²) in [7, 11) is 0. The highest BCUT2D eigenvalue weighted by atomic mass is 79.9. The monoisotopic (exact) mass is 290 g/mol. The molecule has 0 aliphatic rings. The van der Waals surface area contributed by atoms with Crippen LogP contribution in [0.1, 0.15) is 25.8 Å². The van der Waals surface area contributed by atoms with Crippen molar-refractivity contribution in [1.29, 1.82) is 0 Å². The highest BCUT2D eigenvalue weighted by molar-refractivity contribution is 9.10. The number of anilines is 1. The Kier molecular flexibility index (Phi) is 4.41. The van der Waals surface area contributed by atoms with E-state index in [1.54, 1.807) is 6.20 Å². The molecule has 1 N–H and O–H groups in total. The van der Waals surface area contributed by atoms with Crippen molar-refractivity contribution in [3.63, 3.8) is 0 Å². The summed E-state index contributed by atoms with van der Waals surface area (Å²) < 4.78 is 1.00. The lowest BCUT2D eigenvalue weighted by Gasteiger charge is -2.26. The lowest BCUT2D eigenvalue weighted by molar-refractivity contribution is 0.547. The van der Waals surface area contributed by atoms with E-state index in [9.17, 15) is 0 Å². The molecule has 0 bridgehead atoms. The van der Waals surface area contributed by atoms with E-state index in [0.29, 0.717) is 5.88 Å². The maximum atomic E-state index is 5.75. The molecular formula is C11H16BrClN2. The van der Waals surface area contributed by atoms with Gasteiger partial charge in [-0.3, -0.25) is 0 Å². The fraction of sp³-hybridized carbons (Fsp3) is 0.545. The average molecular weight is 292 g/mol. The van der Waals surface area contributed by atoms with E-state index in [-0.39, 0.29) is 5.54 Å². The zero-order chi connectivity index (χ0) is 11.5. The van der Waals surface area contributed by atoms with Crippen LogP contribution in [-0.4, -0.2) is 16.4 Å². The highest BCUT2D eigenvalue weighted by Gasteiger charge is 2.17. The van der Waals surface area contributed by atoms with E-state index in [0.717, 1.165) is 22.3 Å². The molecule has 0 aromatic carbocycles. The molecule has 4 heteroatoms. The third-order valence-electron chi connectivity index (χ3n) is 2.22. The first kappa shape index (κ1) is 12.8. The van der Waals surface area contributed by atoms with Gasteiger partial charge in [0, 0.05) is 22.1 Å². The lowest BCUT2D eigenvalue weighted by Crippen LogP contribution is -2.32. The van der Waals surface area contributed by atoms with Gasteiger partial charge in [0.1, 0.15) is 5.82 Å². The first-order valence-corrected chi connectivity index (χ1v) is 6.24. The van der Waals surface area contributed by atoms with Gasteiger partial charge < -0.3 is 5.32 Å². The molecular weight excluding hydrogens is 275 g/mol. The number of hydrogen-bond acceptors (Lipinski definition) is 2. The van der Waals surface area contributed by atoms with Crippen LogP contribution in [0, 0.1) is 6.92 Å². The van der Waals surface area contributed by atoms with Crippen molar-refractivity contribution in [2.75, 3.05) is 11.2 Å². The molecule has 1 aromatic heterocycles. The summed E-state index contributed by atoms with van der Waals surface area (Å²) >= 11 is 9.14. The van der Waals surface area contributed by atoms with Crippen LogP contribution in [0.15, 0.2) is 16.7 Å². The second-order valence-electron chi connectivity index (χ2n) is 4.27. The lowest BCUT2D eigenvalue weighted by atomic mass is 10.0. The van der Waals surface area contributed by atoms with Crippen LogP contribution in [-0.2, 0) is 0 Å². The molecule has 0 spiro atoms. The summed E-state index contributed by atoms with van der Waals surface area (Å²) in [5.74, 6) is 1.57. The third-order valence-corrected chi connectivity index (χ3v) is 2.84.